The fraction of sp³-hybridized carbons (Fsp3) is 0.222. The van der Waals surface area contributed by atoms with E-state index in [1.165, 1.54) is 0 Å². The van der Waals surface area contributed by atoms with Gasteiger partial charge in [-0.25, -0.2) is 4.39 Å². The highest BCUT2D eigenvalue weighted by molar-refractivity contribution is 5.74. The third kappa shape index (κ3) is 2.30. The van der Waals surface area contributed by atoms with Gasteiger partial charge in [-0.3, -0.25) is 14.9 Å². The fourth-order valence-corrected chi connectivity index (χ4v) is 1.15. The highest BCUT2D eigenvalue weighted by Crippen LogP contribution is 2.25. The van der Waals surface area contributed by atoms with Crippen molar-refractivity contribution in [1.29, 1.82) is 0 Å². The van der Waals surface area contributed by atoms with Gasteiger partial charge in [0.25, 0.3) is 0 Å². The number of carbonyl (C=O) groups is 1. The third-order valence-corrected chi connectivity index (χ3v) is 1.90. The minimum Gasteiger partial charge on any atom is -0.469 e. The van der Waals surface area contributed by atoms with E-state index in [-0.39, 0.29) is 5.56 Å². The van der Waals surface area contributed by atoms with Crippen LogP contribution < -0.4 is 0 Å². The Morgan fingerprint density at radius 1 is 1.50 bits per heavy atom. The Hall–Kier alpha value is -2.05. The van der Waals surface area contributed by atoms with Crippen molar-refractivity contribution >= 4 is 11.7 Å². The monoisotopic (exact) mass is 231 g/mol. The maximum Gasteiger partial charge on any atom is 0.311 e. The van der Waals surface area contributed by atoms with E-state index < -0.39 is 34.6 Å². The lowest BCUT2D eigenvalue weighted by molar-refractivity contribution is -0.388. The Morgan fingerprint density at radius 3 is 2.62 bits per heavy atom. The minimum atomic E-state index is -1.58. The van der Waals surface area contributed by atoms with Gasteiger partial charge >= 0.3 is 11.7 Å². The third-order valence-electron chi connectivity index (χ3n) is 1.90. The quantitative estimate of drug-likeness (QED) is 0.450. The molecule has 0 radical (unpaired) electrons. The van der Waals surface area contributed by atoms with E-state index >= 15 is 0 Å². The van der Waals surface area contributed by atoms with Crippen molar-refractivity contribution in [1.82, 2.24) is 0 Å². The van der Waals surface area contributed by atoms with Crippen LogP contribution in [0.25, 0.3) is 0 Å². The summed E-state index contributed by atoms with van der Waals surface area (Å²) in [5.74, 6) is -3.68. The molecule has 0 atom stereocenters. The van der Waals surface area contributed by atoms with Gasteiger partial charge in [-0.1, -0.05) is 0 Å². The van der Waals surface area contributed by atoms with E-state index in [2.05, 4.69) is 4.74 Å². The second-order valence-corrected chi connectivity index (χ2v) is 2.88. The first kappa shape index (κ1) is 12.0. The van der Waals surface area contributed by atoms with Gasteiger partial charge in [0, 0.05) is 5.56 Å². The molecule has 5 nitrogen and oxygen atoms in total. The predicted molar refractivity (Wildman–Crippen MR) is 48.7 cm³/mol. The molecule has 0 saturated heterocycles. The molecule has 0 saturated carbocycles. The number of esters is 1. The highest BCUT2D eigenvalue weighted by Gasteiger charge is 2.25. The van der Waals surface area contributed by atoms with Crippen molar-refractivity contribution in [3.05, 3.63) is 39.4 Å². The van der Waals surface area contributed by atoms with Crippen LogP contribution in [-0.4, -0.2) is 18.0 Å². The molecule has 16 heavy (non-hydrogen) atoms. The Morgan fingerprint density at radius 2 is 2.12 bits per heavy atom. The molecule has 0 spiro atoms. The molecule has 0 fully saturated rings. The normalized spacial score (nSPS) is 9.94. The standard InChI is InChI=1S/C9H7F2NO4/c1-16-7(13)4-5-2-3-6(10)8(11)9(5)12(14)15/h2-3H,4H2,1H3. The van der Waals surface area contributed by atoms with Crippen LogP contribution in [0, 0.1) is 21.7 Å². The van der Waals surface area contributed by atoms with Crippen molar-refractivity contribution in [2.75, 3.05) is 7.11 Å². The topological polar surface area (TPSA) is 69.4 Å². The molecule has 0 aliphatic carbocycles. The molecule has 0 amide bonds. The van der Waals surface area contributed by atoms with Crippen molar-refractivity contribution < 1.29 is 23.2 Å². The molecule has 0 aliphatic heterocycles. The number of rotatable bonds is 3. The second kappa shape index (κ2) is 4.65. The molecule has 0 unspecified atom stereocenters. The van der Waals surface area contributed by atoms with Gasteiger partial charge in [0.15, 0.2) is 5.82 Å². The molecule has 0 aromatic heterocycles. The summed E-state index contributed by atoms with van der Waals surface area (Å²) in [5, 5.41) is 10.5. The van der Waals surface area contributed by atoms with Crippen molar-refractivity contribution in [3.8, 4) is 0 Å². The molecule has 1 aromatic rings. The van der Waals surface area contributed by atoms with Gasteiger partial charge in [0.05, 0.1) is 18.5 Å². The number of nitro groups is 1. The van der Waals surface area contributed by atoms with Crippen LogP contribution in [0.15, 0.2) is 12.1 Å². The average molecular weight is 231 g/mol. The van der Waals surface area contributed by atoms with Gasteiger partial charge < -0.3 is 4.74 Å². The summed E-state index contributed by atoms with van der Waals surface area (Å²) < 4.78 is 30.1. The first-order chi connectivity index (χ1) is 7.47. The zero-order chi connectivity index (χ0) is 12.3. The lowest BCUT2D eigenvalue weighted by atomic mass is 10.1. The molecule has 0 N–H and O–H groups in total. The number of methoxy groups -OCH3 is 1. The smallest absolute Gasteiger partial charge is 0.311 e. The van der Waals surface area contributed by atoms with Crippen LogP contribution in [0.5, 0.6) is 0 Å². The van der Waals surface area contributed by atoms with Gasteiger partial charge in [0.2, 0.25) is 5.82 Å². The zero-order valence-electron chi connectivity index (χ0n) is 8.20. The summed E-state index contributed by atoms with van der Waals surface area (Å²) in [6, 6.07) is 1.70. The SMILES string of the molecule is COC(=O)Cc1ccc(F)c(F)c1[N+](=O)[O-]. The number of ether oxygens (including phenoxy) is 1. The first-order valence-electron chi connectivity index (χ1n) is 4.15. The molecule has 0 aliphatic rings. The molecule has 1 rings (SSSR count). The minimum absolute atomic E-state index is 0.226. The summed E-state index contributed by atoms with van der Waals surface area (Å²) >= 11 is 0. The number of carbonyl (C=O) groups excluding carboxylic acids is 1. The van der Waals surface area contributed by atoms with Crippen LogP contribution >= 0.6 is 0 Å². The summed E-state index contributed by atoms with van der Waals surface area (Å²) in [7, 11) is 1.09. The zero-order valence-corrected chi connectivity index (χ0v) is 8.20. The number of hydrogen-bond donors (Lipinski definition) is 0. The fourth-order valence-electron chi connectivity index (χ4n) is 1.15. The summed E-state index contributed by atoms with van der Waals surface area (Å²) in [5.41, 5.74) is -1.26. The number of hydrogen-bond acceptors (Lipinski definition) is 4. The number of halogens is 2. The van der Waals surface area contributed by atoms with E-state index in [1.807, 2.05) is 0 Å². The molecule has 0 bridgehead atoms. The van der Waals surface area contributed by atoms with Crippen molar-refractivity contribution in [3.63, 3.8) is 0 Å². The van der Waals surface area contributed by atoms with E-state index in [0.29, 0.717) is 0 Å². The summed E-state index contributed by atoms with van der Waals surface area (Å²) in [6.07, 6.45) is -0.482. The van der Waals surface area contributed by atoms with E-state index in [0.717, 1.165) is 19.2 Å². The maximum absolute atomic E-state index is 13.1. The van der Waals surface area contributed by atoms with Crippen LogP contribution in [0.2, 0.25) is 0 Å². The van der Waals surface area contributed by atoms with Crippen molar-refractivity contribution in [2.45, 2.75) is 6.42 Å². The maximum atomic E-state index is 13.1. The number of nitrogens with zero attached hydrogens (tertiary/aromatic N) is 1. The Kier molecular flexibility index (Phi) is 3.49. The van der Waals surface area contributed by atoms with E-state index in [9.17, 15) is 23.7 Å². The lowest BCUT2D eigenvalue weighted by Crippen LogP contribution is -2.08. The van der Waals surface area contributed by atoms with Gasteiger partial charge in [-0.05, 0) is 12.1 Å². The number of nitro benzene ring substituents is 1. The van der Waals surface area contributed by atoms with Crippen LogP contribution in [0.4, 0.5) is 14.5 Å². The van der Waals surface area contributed by atoms with Crippen LogP contribution in [0.3, 0.4) is 0 Å². The molecule has 86 valence electrons. The lowest BCUT2D eigenvalue weighted by Gasteiger charge is -2.03. The molecular formula is C9H7F2NO4. The first-order valence-corrected chi connectivity index (χ1v) is 4.15. The van der Waals surface area contributed by atoms with E-state index in [4.69, 9.17) is 0 Å². The van der Waals surface area contributed by atoms with E-state index in [1.54, 1.807) is 0 Å². The average Bonchev–Trinajstić information content (AvgIpc) is 2.23. The van der Waals surface area contributed by atoms with Crippen molar-refractivity contribution in [2.24, 2.45) is 0 Å². The Balaban J connectivity index is 3.23. The molecular weight excluding hydrogens is 224 g/mol. The molecule has 7 heteroatoms. The Labute approximate surface area is 88.8 Å². The molecule has 0 heterocycles. The summed E-state index contributed by atoms with van der Waals surface area (Å²) in [4.78, 5) is 20.3. The summed E-state index contributed by atoms with van der Waals surface area (Å²) in [6.45, 7) is 0. The predicted octanol–water partition coefficient (Wildman–Crippen LogP) is 1.59. The highest BCUT2D eigenvalue weighted by atomic mass is 19.2. The van der Waals surface area contributed by atoms with Crippen LogP contribution in [0.1, 0.15) is 5.56 Å². The van der Waals surface area contributed by atoms with Crippen LogP contribution in [-0.2, 0) is 16.0 Å². The van der Waals surface area contributed by atoms with Gasteiger partial charge in [-0.2, -0.15) is 4.39 Å². The van der Waals surface area contributed by atoms with Gasteiger partial charge in [0.1, 0.15) is 0 Å². The Bertz CT molecular complexity index is 447. The molecule has 1 aromatic carbocycles. The second-order valence-electron chi connectivity index (χ2n) is 2.88. The van der Waals surface area contributed by atoms with Gasteiger partial charge in [-0.15, -0.1) is 0 Å². The number of benzene rings is 1. The largest absolute Gasteiger partial charge is 0.469 e.